The van der Waals surface area contributed by atoms with Crippen LogP contribution in [0, 0.1) is 10.1 Å². The lowest BCUT2D eigenvalue weighted by Gasteiger charge is -2.08. The summed E-state index contributed by atoms with van der Waals surface area (Å²) >= 11 is 7.17. The summed E-state index contributed by atoms with van der Waals surface area (Å²) < 4.78 is 0. The van der Waals surface area contributed by atoms with Crippen molar-refractivity contribution in [2.75, 3.05) is 0 Å². The Labute approximate surface area is 125 Å². The van der Waals surface area contributed by atoms with Gasteiger partial charge in [-0.25, -0.2) is 0 Å². The molecule has 0 aromatic heterocycles. The first-order valence-electron chi connectivity index (χ1n) is 5.87. The Morgan fingerprint density at radius 1 is 1.30 bits per heavy atom. The highest BCUT2D eigenvalue weighted by atomic mass is 35.5. The molecular weight excluding hydrogens is 298 g/mol. The average molecular weight is 310 g/mol. The standard InChI is InChI=1S/C14H12ClNO3S/c1-9(17)10-5-6-14(13(7-10)16(18)19)20-12-4-2-3-11(15)8-12/h2-9,17H,1H3. The first kappa shape index (κ1) is 14.8. The van der Waals surface area contributed by atoms with Crippen molar-refractivity contribution in [2.24, 2.45) is 0 Å². The third-order valence-corrected chi connectivity index (χ3v) is 3.98. The van der Waals surface area contributed by atoms with Crippen molar-refractivity contribution in [3.63, 3.8) is 0 Å². The summed E-state index contributed by atoms with van der Waals surface area (Å²) in [5, 5.41) is 21.2. The van der Waals surface area contributed by atoms with E-state index >= 15 is 0 Å². The lowest BCUT2D eigenvalue weighted by Crippen LogP contribution is -1.96. The van der Waals surface area contributed by atoms with Crippen LogP contribution in [-0.4, -0.2) is 10.0 Å². The Balaban J connectivity index is 2.38. The van der Waals surface area contributed by atoms with Crippen LogP contribution in [0.15, 0.2) is 52.3 Å². The van der Waals surface area contributed by atoms with Crippen LogP contribution >= 0.6 is 23.4 Å². The summed E-state index contributed by atoms with van der Waals surface area (Å²) in [4.78, 5) is 12.0. The molecule has 0 bridgehead atoms. The number of nitro groups is 1. The number of benzene rings is 2. The van der Waals surface area contributed by atoms with E-state index in [0.717, 1.165) is 4.90 Å². The zero-order chi connectivity index (χ0) is 14.7. The van der Waals surface area contributed by atoms with Crippen molar-refractivity contribution in [3.8, 4) is 0 Å². The van der Waals surface area contributed by atoms with E-state index < -0.39 is 11.0 Å². The second-order valence-corrected chi connectivity index (χ2v) is 5.77. The van der Waals surface area contributed by atoms with Crippen molar-refractivity contribution < 1.29 is 10.0 Å². The molecule has 0 fully saturated rings. The molecule has 0 spiro atoms. The Kier molecular flexibility index (Phi) is 4.65. The minimum Gasteiger partial charge on any atom is -0.389 e. The summed E-state index contributed by atoms with van der Waals surface area (Å²) in [6, 6.07) is 11.9. The monoisotopic (exact) mass is 309 g/mol. The summed E-state index contributed by atoms with van der Waals surface area (Å²) in [5.41, 5.74) is 0.500. The van der Waals surface area contributed by atoms with Gasteiger partial charge in [-0.2, -0.15) is 0 Å². The van der Waals surface area contributed by atoms with Crippen LogP contribution < -0.4 is 0 Å². The fraction of sp³-hybridized carbons (Fsp3) is 0.143. The SMILES string of the molecule is CC(O)c1ccc(Sc2cccc(Cl)c2)c([N+](=O)[O-])c1. The second kappa shape index (κ2) is 6.26. The highest BCUT2D eigenvalue weighted by Crippen LogP contribution is 2.36. The zero-order valence-electron chi connectivity index (χ0n) is 10.6. The molecule has 0 saturated heterocycles. The van der Waals surface area contributed by atoms with Gasteiger partial charge in [0, 0.05) is 16.0 Å². The average Bonchev–Trinajstić information content (AvgIpc) is 2.38. The van der Waals surface area contributed by atoms with Crippen LogP contribution in [0.3, 0.4) is 0 Å². The molecule has 2 aromatic carbocycles. The third-order valence-electron chi connectivity index (χ3n) is 2.69. The molecule has 2 aromatic rings. The molecular formula is C14H12ClNO3S. The van der Waals surface area contributed by atoms with E-state index in [-0.39, 0.29) is 5.69 Å². The lowest BCUT2D eigenvalue weighted by atomic mass is 10.1. The van der Waals surface area contributed by atoms with Gasteiger partial charge < -0.3 is 5.11 Å². The van der Waals surface area contributed by atoms with Crippen molar-refractivity contribution in [3.05, 3.63) is 63.2 Å². The molecule has 6 heteroatoms. The van der Waals surface area contributed by atoms with Crippen molar-refractivity contribution in [1.29, 1.82) is 0 Å². The van der Waals surface area contributed by atoms with E-state index in [1.807, 2.05) is 6.07 Å². The number of rotatable bonds is 4. The molecule has 4 nitrogen and oxygen atoms in total. The number of hydrogen-bond acceptors (Lipinski definition) is 4. The number of nitro benzene ring substituents is 1. The van der Waals surface area contributed by atoms with Crippen molar-refractivity contribution in [2.45, 2.75) is 22.8 Å². The quantitative estimate of drug-likeness (QED) is 0.669. The molecule has 0 radical (unpaired) electrons. The normalized spacial score (nSPS) is 12.2. The van der Waals surface area contributed by atoms with E-state index in [2.05, 4.69) is 0 Å². The topological polar surface area (TPSA) is 63.4 Å². The van der Waals surface area contributed by atoms with Crippen LogP contribution in [0.4, 0.5) is 5.69 Å². The highest BCUT2D eigenvalue weighted by Gasteiger charge is 2.17. The molecule has 1 unspecified atom stereocenters. The molecule has 1 atom stereocenters. The van der Waals surface area contributed by atoms with Crippen LogP contribution in [0.25, 0.3) is 0 Å². The summed E-state index contributed by atoms with van der Waals surface area (Å²) in [6.07, 6.45) is -0.737. The smallest absolute Gasteiger partial charge is 0.283 e. The fourth-order valence-corrected chi connectivity index (χ4v) is 2.90. The number of nitrogens with zero attached hydrogens (tertiary/aromatic N) is 1. The van der Waals surface area contributed by atoms with Gasteiger partial charge in [-0.05, 0) is 36.8 Å². The van der Waals surface area contributed by atoms with Crippen molar-refractivity contribution >= 4 is 29.1 Å². The van der Waals surface area contributed by atoms with E-state index in [9.17, 15) is 15.2 Å². The van der Waals surface area contributed by atoms with Gasteiger partial charge in [-0.15, -0.1) is 0 Å². The first-order chi connectivity index (χ1) is 9.47. The van der Waals surface area contributed by atoms with Crippen molar-refractivity contribution in [1.82, 2.24) is 0 Å². The molecule has 104 valence electrons. The maximum absolute atomic E-state index is 11.1. The van der Waals surface area contributed by atoms with Gasteiger partial charge in [-0.3, -0.25) is 10.1 Å². The Morgan fingerprint density at radius 3 is 2.65 bits per heavy atom. The number of hydrogen-bond donors (Lipinski definition) is 1. The third kappa shape index (κ3) is 3.50. The summed E-state index contributed by atoms with van der Waals surface area (Å²) in [5.74, 6) is 0. The molecule has 0 aliphatic heterocycles. The molecule has 20 heavy (non-hydrogen) atoms. The van der Waals surface area contributed by atoms with E-state index in [1.54, 1.807) is 37.3 Å². The summed E-state index contributed by atoms with van der Waals surface area (Å²) in [6.45, 7) is 1.57. The Bertz CT molecular complexity index is 646. The van der Waals surface area contributed by atoms with E-state index in [0.29, 0.717) is 15.5 Å². The second-order valence-electron chi connectivity index (χ2n) is 4.22. The van der Waals surface area contributed by atoms with Crippen LogP contribution in [0.5, 0.6) is 0 Å². The van der Waals surface area contributed by atoms with Crippen LogP contribution in [-0.2, 0) is 0 Å². The van der Waals surface area contributed by atoms with Gasteiger partial charge in [0.25, 0.3) is 5.69 Å². The maximum Gasteiger partial charge on any atom is 0.283 e. The minimum atomic E-state index is -0.737. The molecule has 0 saturated carbocycles. The molecule has 0 aliphatic rings. The first-order valence-corrected chi connectivity index (χ1v) is 7.06. The van der Waals surface area contributed by atoms with Crippen LogP contribution in [0.1, 0.15) is 18.6 Å². The number of aliphatic hydroxyl groups excluding tert-OH is 1. The lowest BCUT2D eigenvalue weighted by molar-refractivity contribution is -0.387. The van der Waals surface area contributed by atoms with Gasteiger partial charge in [0.2, 0.25) is 0 Å². The van der Waals surface area contributed by atoms with Crippen LogP contribution in [0.2, 0.25) is 5.02 Å². The maximum atomic E-state index is 11.1. The Morgan fingerprint density at radius 2 is 2.05 bits per heavy atom. The largest absolute Gasteiger partial charge is 0.389 e. The highest BCUT2D eigenvalue weighted by molar-refractivity contribution is 7.99. The number of aliphatic hydroxyl groups is 1. The molecule has 1 N–H and O–H groups in total. The predicted octanol–water partition coefficient (Wildman–Crippen LogP) is 4.45. The molecule has 0 aliphatic carbocycles. The molecule has 0 amide bonds. The van der Waals surface area contributed by atoms with Gasteiger partial charge in [-0.1, -0.05) is 35.5 Å². The fourth-order valence-electron chi connectivity index (χ4n) is 1.68. The zero-order valence-corrected chi connectivity index (χ0v) is 12.2. The molecule has 2 rings (SSSR count). The van der Waals surface area contributed by atoms with Gasteiger partial charge in [0.05, 0.1) is 15.9 Å². The van der Waals surface area contributed by atoms with E-state index in [4.69, 9.17) is 11.6 Å². The molecule has 0 heterocycles. The van der Waals surface area contributed by atoms with E-state index in [1.165, 1.54) is 17.8 Å². The summed E-state index contributed by atoms with van der Waals surface area (Å²) in [7, 11) is 0. The van der Waals surface area contributed by atoms with Gasteiger partial charge in [0.15, 0.2) is 0 Å². The minimum absolute atomic E-state index is 0.0200. The predicted molar refractivity (Wildman–Crippen MR) is 79.3 cm³/mol. The number of halogens is 1. The van der Waals surface area contributed by atoms with Gasteiger partial charge >= 0.3 is 0 Å². The van der Waals surface area contributed by atoms with Gasteiger partial charge in [0.1, 0.15) is 0 Å². The Hall–Kier alpha value is -1.56.